The summed E-state index contributed by atoms with van der Waals surface area (Å²) in [6, 6.07) is 7.65. The molecular formula is C17H20N2OS. The maximum atomic E-state index is 12.8. The summed E-state index contributed by atoms with van der Waals surface area (Å²) in [5, 5.41) is 0. The fraction of sp³-hybridized carbons (Fsp3) is 0.529. The Labute approximate surface area is 130 Å². The van der Waals surface area contributed by atoms with Gasteiger partial charge in [-0.2, -0.15) is 0 Å². The molecule has 0 spiro atoms. The molecule has 4 unspecified atom stereocenters. The topological polar surface area (TPSA) is 46.3 Å². The molecular weight excluding hydrogens is 280 g/mol. The van der Waals surface area contributed by atoms with Gasteiger partial charge in [-0.3, -0.25) is 4.79 Å². The maximum absolute atomic E-state index is 12.8. The molecule has 1 amide bonds. The summed E-state index contributed by atoms with van der Waals surface area (Å²) in [7, 11) is 1.87. The molecule has 3 aliphatic carbocycles. The van der Waals surface area contributed by atoms with Crippen molar-refractivity contribution in [3.8, 4) is 0 Å². The van der Waals surface area contributed by atoms with Gasteiger partial charge in [-0.1, -0.05) is 24.4 Å². The van der Waals surface area contributed by atoms with E-state index in [1.165, 1.54) is 19.3 Å². The molecule has 1 aromatic carbocycles. The summed E-state index contributed by atoms with van der Waals surface area (Å²) in [5.41, 5.74) is 7.39. The van der Waals surface area contributed by atoms with Gasteiger partial charge in [0.15, 0.2) is 0 Å². The lowest BCUT2D eigenvalue weighted by Gasteiger charge is -2.20. The van der Waals surface area contributed by atoms with Crippen LogP contribution in [0.2, 0.25) is 0 Å². The van der Waals surface area contributed by atoms with Crippen molar-refractivity contribution in [2.75, 3.05) is 11.9 Å². The van der Waals surface area contributed by atoms with E-state index in [4.69, 9.17) is 18.0 Å². The summed E-state index contributed by atoms with van der Waals surface area (Å²) in [6.45, 7) is 0. The van der Waals surface area contributed by atoms with Crippen LogP contribution < -0.4 is 10.6 Å². The molecule has 0 radical (unpaired) electrons. The van der Waals surface area contributed by atoms with Crippen LogP contribution >= 0.6 is 12.2 Å². The van der Waals surface area contributed by atoms with E-state index in [0.29, 0.717) is 16.8 Å². The molecule has 3 fully saturated rings. The minimum absolute atomic E-state index is 0.273. The van der Waals surface area contributed by atoms with Gasteiger partial charge in [-0.25, -0.2) is 0 Å². The molecule has 3 saturated carbocycles. The second-order valence-electron chi connectivity index (χ2n) is 6.83. The van der Waals surface area contributed by atoms with Gasteiger partial charge in [-0.15, -0.1) is 0 Å². The lowest BCUT2D eigenvalue weighted by Crippen LogP contribution is -2.30. The molecule has 2 bridgehead atoms. The number of carbonyl (C=O) groups is 1. The molecule has 0 aromatic heterocycles. The molecule has 21 heavy (non-hydrogen) atoms. The Morgan fingerprint density at radius 3 is 2.57 bits per heavy atom. The molecule has 0 heterocycles. The minimum atomic E-state index is 0.273. The third-order valence-electron chi connectivity index (χ3n) is 5.87. The second kappa shape index (κ2) is 4.54. The summed E-state index contributed by atoms with van der Waals surface area (Å²) in [4.78, 5) is 15.0. The Hall–Kier alpha value is -1.42. The number of anilines is 1. The Morgan fingerprint density at radius 2 is 1.95 bits per heavy atom. The van der Waals surface area contributed by atoms with Crippen molar-refractivity contribution in [1.29, 1.82) is 0 Å². The first kappa shape index (κ1) is 13.3. The highest BCUT2D eigenvalue weighted by Gasteiger charge is 2.67. The predicted molar refractivity (Wildman–Crippen MR) is 87.0 cm³/mol. The van der Waals surface area contributed by atoms with Gasteiger partial charge < -0.3 is 10.6 Å². The fourth-order valence-electron chi connectivity index (χ4n) is 4.87. The van der Waals surface area contributed by atoms with Crippen LogP contribution in [0.15, 0.2) is 24.3 Å². The number of hydrogen-bond acceptors (Lipinski definition) is 2. The molecule has 1 aromatic rings. The number of carbonyl (C=O) groups excluding carboxylic acids is 1. The smallest absolute Gasteiger partial charge is 0.230 e. The number of nitrogens with two attached hydrogens (primary N) is 1. The number of fused-ring (bicyclic) bond motifs is 5. The van der Waals surface area contributed by atoms with E-state index in [1.54, 1.807) is 4.90 Å². The number of benzene rings is 1. The van der Waals surface area contributed by atoms with Crippen LogP contribution in [0.4, 0.5) is 5.69 Å². The molecule has 3 aliphatic rings. The van der Waals surface area contributed by atoms with Crippen LogP contribution in [-0.2, 0) is 4.79 Å². The van der Waals surface area contributed by atoms with Crippen LogP contribution in [0.1, 0.15) is 24.8 Å². The third kappa shape index (κ3) is 1.92. The van der Waals surface area contributed by atoms with E-state index < -0.39 is 0 Å². The van der Waals surface area contributed by atoms with Gasteiger partial charge in [0.1, 0.15) is 4.99 Å². The molecule has 4 rings (SSSR count). The zero-order chi connectivity index (χ0) is 14.7. The lowest BCUT2D eigenvalue weighted by molar-refractivity contribution is -0.120. The quantitative estimate of drug-likeness (QED) is 0.873. The molecule has 4 heteroatoms. The van der Waals surface area contributed by atoms with Crippen molar-refractivity contribution in [3.63, 3.8) is 0 Å². The maximum Gasteiger partial charge on any atom is 0.230 e. The predicted octanol–water partition coefficient (Wildman–Crippen LogP) is 2.58. The van der Waals surface area contributed by atoms with Crippen LogP contribution in [0.25, 0.3) is 0 Å². The highest BCUT2D eigenvalue weighted by molar-refractivity contribution is 7.80. The first-order chi connectivity index (χ1) is 10.1. The standard InChI is InChI=1S/C17H20N2OS/c1-19(12-4-2-3-11(8-12)16(18)21)17(20)15-13-9-5-6-10(7-9)14(13)15/h2-4,8-10,13-15H,5-7H2,1H3,(H2,18,21). The van der Waals surface area contributed by atoms with Gasteiger partial charge in [-0.05, 0) is 55.1 Å². The van der Waals surface area contributed by atoms with Crippen molar-refractivity contribution in [2.45, 2.75) is 19.3 Å². The summed E-state index contributed by atoms with van der Waals surface area (Å²) >= 11 is 5.02. The number of nitrogens with zero attached hydrogens (tertiary/aromatic N) is 1. The van der Waals surface area contributed by atoms with Gasteiger partial charge >= 0.3 is 0 Å². The third-order valence-corrected chi connectivity index (χ3v) is 6.10. The Kier molecular flexibility index (Phi) is 2.86. The largest absolute Gasteiger partial charge is 0.389 e. The van der Waals surface area contributed by atoms with E-state index in [1.807, 2.05) is 31.3 Å². The number of thiocarbonyl (C=S) groups is 1. The minimum Gasteiger partial charge on any atom is -0.389 e. The first-order valence-electron chi connectivity index (χ1n) is 7.75. The first-order valence-corrected chi connectivity index (χ1v) is 8.16. The van der Waals surface area contributed by atoms with Crippen molar-refractivity contribution in [1.82, 2.24) is 0 Å². The highest BCUT2D eigenvalue weighted by Crippen LogP contribution is 2.69. The van der Waals surface area contributed by atoms with Gasteiger partial charge in [0.2, 0.25) is 5.91 Å². The zero-order valence-corrected chi connectivity index (χ0v) is 13.0. The Bertz CT molecular complexity index is 613. The van der Waals surface area contributed by atoms with E-state index in [9.17, 15) is 4.79 Å². The van der Waals surface area contributed by atoms with Crippen LogP contribution in [0, 0.1) is 29.6 Å². The van der Waals surface area contributed by atoms with Crippen molar-refractivity contribution in [3.05, 3.63) is 29.8 Å². The normalized spacial score (nSPS) is 35.4. The number of hydrogen-bond donors (Lipinski definition) is 1. The number of amides is 1. The number of rotatable bonds is 3. The average molecular weight is 300 g/mol. The van der Waals surface area contributed by atoms with Crippen LogP contribution in [-0.4, -0.2) is 17.9 Å². The average Bonchev–Trinajstić information content (AvgIpc) is 2.93. The molecule has 110 valence electrons. The van der Waals surface area contributed by atoms with E-state index in [0.717, 1.165) is 23.1 Å². The van der Waals surface area contributed by atoms with Crippen LogP contribution in [0.3, 0.4) is 0 Å². The van der Waals surface area contributed by atoms with Crippen molar-refractivity contribution in [2.24, 2.45) is 35.3 Å². The fourth-order valence-corrected chi connectivity index (χ4v) is 5.00. The molecule has 0 saturated heterocycles. The van der Waals surface area contributed by atoms with Gasteiger partial charge in [0.05, 0.1) is 0 Å². The molecule has 3 nitrogen and oxygen atoms in total. The van der Waals surface area contributed by atoms with E-state index >= 15 is 0 Å². The lowest BCUT2D eigenvalue weighted by atomic mass is 10.0. The van der Waals surface area contributed by atoms with Crippen molar-refractivity contribution < 1.29 is 4.79 Å². The summed E-state index contributed by atoms with van der Waals surface area (Å²) < 4.78 is 0. The van der Waals surface area contributed by atoms with E-state index in [2.05, 4.69) is 0 Å². The van der Waals surface area contributed by atoms with Gasteiger partial charge in [0.25, 0.3) is 0 Å². The summed E-state index contributed by atoms with van der Waals surface area (Å²) in [6.07, 6.45) is 4.06. The van der Waals surface area contributed by atoms with Gasteiger partial charge in [0, 0.05) is 24.2 Å². The molecule has 2 N–H and O–H groups in total. The SMILES string of the molecule is CN(C(=O)C1C2C3CCC(C3)C12)c1cccc(C(N)=S)c1. The Balaban J connectivity index is 1.53. The summed E-state index contributed by atoms with van der Waals surface area (Å²) in [5.74, 6) is 3.56. The van der Waals surface area contributed by atoms with Crippen molar-refractivity contribution >= 4 is 28.8 Å². The van der Waals surface area contributed by atoms with E-state index in [-0.39, 0.29) is 11.8 Å². The second-order valence-corrected chi connectivity index (χ2v) is 7.27. The zero-order valence-electron chi connectivity index (χ0n) is 12.2. The molecule has 4 atom stereocenters. The Morgan fingerprint density at radius 1 is 1.29 bits per heavy atom. The molecule has 0 aliphatic heterocycles. The highest BCUT2D eigenvalue weighted by atomic mass is 32.1. The monoisotopic (exact) mass is 300 g/mol. The van der Waals surface area contributed by atoms with Crippen LogP contribution in [0.5, 0.6) is 0 Å².